The van der Waals surface area contributed by atoms with E-state index < -0.39 is 6.10 Å². The van der Waals surface area contributed by atoms with E-state index in [9.17, 15) is 5.11 Å². The van der Waals surface area contributed by atoms with Crippen LogP contribution in [-0.4, -0.2) is 10.9 Å². The Morgan fingerprint density at radius 3 is 2.56 bits per heavy atom. The summed E-state index contributed by atoms with van der Waals surface area (Å²) < 4.78 is 1.05. The molecule has 0 heterocycles. The first-order valence-corrected chi connectivity index (χ1v) is 7.35. The number of hydrogen-bond donors (Lipinski definition) is 2. The number of rotatable bonds is 4. The summed E-state index contributed by atoms with van der Waals surface area (Å²) in [4.78, 5) is 1.14. The molecule has 4 heteroatoms. The SMILES string of the molecule is Nc1ccc(C(O)CSc2cccc(Br)c2)cc1. The van der Waals surface area contributed by atoms with Gasteiger partial charge in [-0.25, -0.2) is 0 Å². The largest absolute Gasteiger partial charge is 0.399 e. The highest BCUT2D eigenvalue weighted by atomic mass is 79.9. The van der Waals surface area contributed by atoms with Crippen LogP contribution in [0.4, 0.5) is 5.69 Å². The highest BCUT2D eigenvalue weighted by Crippen LogP contribution is 2.26. The van der Waals surface area contributed by atoms with E-state index in [0.29, 0.717) is 11.4 Å². The Kier molecular flexibility index (Phi) is 4.69. The van der Waals surface area contributed by atoms with Crippen molar-refractivity contribution in [2.24, 2.45) is 0 Å². The van der Waals surface area contributed by atoms with Gasteiger partial charge in [0.25, 0.3) is 0 Å². The molecule has 0 aliphatic carbocycles. The molecule has 0 fully saturated rings. The van der Waals surface area contributed by atoms with Crippen LogP contribution in [0.1, 0.15) is 11.7 Å². The van der Waals surface area contributed by atoms with Crippen LogP contribution in [0.3, 0.4) is 0 Å². The van der Waals surface area contributed by atoms with Crippen LogP contribution in [0.25, 0.3) is 0 Å². The molecule has 0 spiro atoms. The van der Waals surface area contributed by atoms with E-state index in [-0.39, 0.29) is 0 Å². The number of benzene rings is 2. The molecule has 3 N–H and O–H groups in total. The number of hydrogen-bond acceptors (Lipinski definition) is 3. The maximum absolute atomic E-state index is 10.1. The van der Waals surface area contributed by atoms with Crippen molar-refractivity contribution < 1.29 is 5.11 Å². The summed E-state index contributed by atoms with van der Waals surface area (Å²) in [5.41, 5.74) is 7.23. The van der Waals surface area contributed by atoms with E-state index in [1.165, 1.54) is 0 Å². The Morgan fingerprint density at radius 2 is 1.89 bits per heavy atom. The smallest absolute Gasteiger partial charge is 0.0883 e. The van der Waals surface area contributed by atoms with E-state index in [2.05, 4.69) is 15.9 Å². The summed E-state index contributed by atoms with van der Waals surface area (Å²) in [5, 5.41) is 10.1. The number of nitrogens with two attached hydrogens (primary N) is 1. The van der Waals surface area contributed by atoms with Gasteiger partial charge in [0.1, 0.15) is 0 Å². The van der Waals surface area contributed by atoms with Crippen molar-refractivity contribution in [3.05, 3.63) is 58.6 Å². The molecule has 0 aromatic heterocycles. The minimum Gasteiger partial charge on any atom is -0.399 e. The minimum atomic E-state index is -0.477. The predicted molar refractivity (Wildman–Crippen MR) is 80.7 cm³/mol. The predicted octanol–water partition coefficient (Wildman–Crippen LogP) is 3.86. The van der Waals surface area contributed by atoms with Crippen LogP contribution in [0.5, 0.6) is 0 Å². The molecular weight excluding hydrogens is 310 g/mol. The van der Waals surface area contributed by atoms with Crippen molar-refractivity contribution in [2.75, 3.05) is 11.5 Å². The fraction of sp³-hybridized carbons (Fsp3) is 0.143. The lowest BCUT2D eigenvalue weighted by atomic mass is 10.1. The van der Waals surface area contributed by atoms with Gasteiger partial charge in [0.2, 0.25) is 0 Å². The average Bonchev–Trinajstić information content (AvgIpc) is 2.37. The third-order valence-electron chi connectivity index (χ3n) is 2.53. The number of aliphatic hydroxyl groups is 1. The van der Waals surface area contributed by atoms with Crippen molar-refractivity contribution in [1.29, 1.82) is 0 Å². The fourth-order valence-electron chi connectivity index (χ4n) is 1.55. The Bertz CT molecular complexity index is 515. The van der Waals surface area contributed by atoms with Gasteiger partial charge in [0, 0.05) is 20.8 Å². The van der Waals surface area contributed by atoms with E-state index in [1.54, 1.807) is 11.8 Å². The summed E-state index contributed by atoms with van der Waals surface area (Å²) in [6, 6.07) is 15.4. The molecule has 0 radical (unpaired) electrons. The second kappa shape index (κ2) is 6.27. The highest BCUT2D eigenvalue weighted by Gasteiger charge is 2.08. The van der Waals surface area contributed by atoms with E-state index in [4.69, 9.17) is 5.73 Å². The topological polar surface area (TPSA) is 46.2 Å². The number of anilines is 1. The first kappa shape index (κ1) is 13.5. The molecule has 0 amide bonds. The molecule has 2 nitrogen and oxygen atoms in total. The zero-order valence-electron chi connectivity index (χ0n) is 9.71. The molecule has 18 heavy (non-hydrogen) atoms. The zero-order chi connectivity index (χ0) is 13.0. The first-order valence-electron chi connectivity index (χ1n) is 5.57. The molecular formula is C14H14BrNOS. The van der Waals surface area contributed by atoms with Crippen molar-refractivity contribution in [1.82, 2.24) is 0 Å². The summed E-state index contributed by atoms with van der Waals surface area (Å²) in [6.45, 7) is 0. The molecule has 0 saturated carbocycles. The van der Waals surface area contributed by atoms with E-state index in [1.807, 2.05) is 48.5 Å². The third-order valence-corrected chi connectivity index (χ3v) is 4.09. The van der Waals surface area contributed by atoms with Crippen LogP contribution in [-0.2, 0) is 0 Å². The summed E-state index contributed by atoms with van der Waals surface area (Å²) in [5.74, 6) is 0.625. The quantitative estimate of drug-likeness (QED) is 0.663. The zero-order valence-corrected chi connectivity index (χ0v) is 12.1. The molecule has 1 unspecified atom stereocenters. The second-order valence-electron chi connectivity index (χ2n) is 3.95. The van der Waals surface area contributed by atoms with Gasteiger partial charge in [-0.2, -0.15) is 0 Å². The number of halogens is 1. The van der Waals surface area contributed by atoms with Gasteiger partial charge in [0.15, 0.2) is 0 Å². The monoisotopic (exact) mass is 323 g/mol. The van der Waals surface area contributed by atoms with E-state index >= 15 is 0 Å². The Hall–Kier alpha value is -0.970. The molecule has 0 aliphatic rings. The summed E-state index contributed by atoms with van der Waals surface area (Å²) in [6.07, 6.45) is -0.477. The molecule has 2 rings (SSSR count). The van der Waals surface area contributed by atoms with Crippen LogP contribution in [0.15, 0.2) is 57.9 Å². The third kappa shape index (κ3) is 3.77. The molecule has 94 valence electrons. The maximum atomic E-state index is 10.1. The van der Waals surface area contributed by atoms with Crippen molar-refractivity contribution in [3.63, 3.8) is 0 Å². The average molecular weight is 324 g/mol. The summed E-state index contributed by atoms with van der Waals surface area (Å²) in [7, 11) is 0. The van der Waals surface area contributed by atoms with Gasteiger partial charge < -0.3 is 10.8 Å². The van der Waals surface area contributed by atoms with Crippen molar-refractivity contribution >= 4 is 33.4 Å². The Morgan fingerprint density at radius 1 is 1.17 bits per heavy atom. The van der Waals surface area contributed by atoms with Gasteiger partial charge in [-0.15, -0.1) is 11.8 Å². The number of aliphatic hydroxyl groups excluding tert-OH is 1. The lowest BCUT2D eigenvalue weighted by Gasteiger charge is -2.11. The van der Waals surface area contributed by atoms with Crippen molar-refractivity contribution in [2.45, 2.75) is 11.0 Å². The normalized spacial score (nSPS) is 12.3. The van der Waals surface area contributed by atoms with E-state index in [0.717, 1.165) is 14.9 Å². The second-order valence-corrected chi connectivity index (χ2v) is 5.96. The molecule has 0 bridgehead atoms. The van der Waals surface area contributed by atoms with Crippen LogP contribution >= 0.6 is 27.7 Å². The van der Waals surface area contributed by atoms with Crippen LogP contribution in [0, 0.1) is 0 Å². The fourth-order valence-corrected chi connectivity index (χ4v) is 3.02. The van der Waals surface area contributed by atoms with Crippen LogP contribution in [0.2, 0.25) is 0 Å². The van der Waals surface area contributed by atoms with Gasteiger partial charge >= 0.3 is 0 Å². The van der Waals surface area contributed by atoms with Gasteiger partial charge in [-0.05, 0) is 35.9 Å². The van der Waals surface area contributed by atoms with Gasteiger partial charge in [-0.1, -0.05) is 34.1 Å². The van der Waals surface area contributed by atoms with Crippen LogP contribution < -0.4 is 5.73 Å². The maximum Gasteiger partial charge on any atom is 0.0883 e. The Balaban J connectivity index is 1.96. The lowest BCUT2D eigenvalue weighted by Crippen LogP contribution is -2.00. The standard InChI is InChI=1S/C14H14BrNOS/c15-11-2-1-3-13(8-11)18-9-14(17)10-4-6-12(16)7-5-10/h1-8,14,17H,9,16H2. The molecule has 1 atom stereocenters. The lowest BCUT2D eigenvalue weighted by molar-refractivity contribution is 0.204. The van der Waals surface area contributed by atoms with Crippen molar-refractivity contribution in [3.8, 4) is 0 Å². The molecule has 2 aromatic carbocycles. The number of thioether (sulfide) groups is 1. The van der Waals surface area contributed by atoms with Gasteiger partial charge in [-0.3, -0.25) is 0 Å². The highest BCUT2D eigenvalue weighted by molar-refractivity contribution is 9.10. The first-order chi connectivity index (χ1) is 8.65. The molecule has 0 aliphatic heterocycles. The number of nitrogen functional groups attached to an aromatic ring is 1. The summed E-state index contributed by atoms with van der Waals surface area (Å²) >= 11 is 5.06. The van der Waals surface area contributed by atoms with Gasteiger partial charge in [0.05, 0.1) is 6.10 Å². The minimum absolute atomic E-state index is 0.477. The molecule has 2 aromatic rings. The molecule has 0 saturated heterocycles. The Labute approximate surface area is 119 Å².